The van der Waals surface area contributed by atoms with Crippen molar-refractivity contribution in [1.29, 1.82) is 0 Å². The molecule has 1 N–H and O–H groups in total. The summed E-state index contributed by atoms with van der Waals surface area (Å²) < 4.78 is 1.37. The van der Waals surface area contributed by atoms with Crippen LogP contribution in [0.4, 0.5) is 4.79 Å². The van der Waals surface area contributed by atoms with E-state index in [0.717, 1.165) is 28.6 Å². The highest BCUT2D eigenvalue weighted by molar-refractivity contribution is 5.93. The number of fused-ring (bicyclic) bond motifs is 1. The molecule has 0 aliphatic carbocycles. The second-order valence-electron chi connectivity index (χ2n) is 4.86. The van der Waals surface area contributed by atoms with Crippen LogP contribution in [0.25, 0.3) is 10.9 Å². The van der Waals surface area contributed by atoms with Gasteiger partial charge in [-0.3, -0.25) is 0 Å². The summed E-state index contributed by atoms with van der Waals surface area (Å²) in [6.07, 6.45) is -0.189. The van der Waals surface area contributed by atoms with Crippen molar-refractivity contribution < 1.29 is 9.90 Å². The molecule has 0 saturated heterocycles. The van der Waals surface area contributed by atoms with Crippen LogP contribution < -0.4 is 0 Å². The quantitative estimate of drug-likeness (QED) is 0.759. The molecule has 0 aliphatic rings. The second kappa shape index (κ2) is 4.85. The zero-order valence-corrected chi connectivity index (χ0v) is 11.2. The zero-order chi connectivity index (χ0) is 14.1. The lowest BCUT2D eigenvalue weighted by molar-refractivity contribution is 0.197. The topological polar surface area (TPSA) is 42.2 Å². The molecule has 0 fully saturated rings. The summed E-state index contributed by atoms with van der Waals surface area (Å²) in [6.45, 7) is 1.87. The highest BCUT2D eigenvalue weighted by Crippen LogP contribution is 2.27. The molecule has 0 saturated carbocycles. The molecule has 0 aliphatic heterocycles. The van der Waals surface area contributed by atoms with Gasteiger partial charge in [-0.2, -0.15) is 0 Å². The van der Waals surface area contributed by atoms with Crippen LogP contribution in [0.3, 0.4) is 0 Å². The molecule has 0 bridgehead atoms. The minimum atomic E-state index is -0.932. The third-order valence-corrected chi connectivity index (χ3v) is 3.66. The Labute approximate surface area is 117 Å². The Bertz CT molecular complexity index is 772. The van der Waals surface area contributed by atoms with Crippen LogP contribution in [-0.2, 0) is 6.42 Å². The van der Waals surface area contributed by atoms with Crippen LogP contribution in [0, 0.1) is 6.92 Å². The van der Waals surface area contributed by atoms with Gasteiger partial charge in [0.25, 0.3) is 0 Å². The van der Waals surface area contributed by atoms with Crippen molar-refractivity contribution in [3.8, 4) is 0 Å². The van der Waals surface area contributed by atoms with Crippen LogP contribution in [0.2, 0.25) is 0 Å². The van der Waals surface area contributed by atoms with Crippen LogP contribution in [-0.4, -0.2) is 15.8 Å². The molecular formula is C17H15NO2. The van der Waals surface area contributed by atoms with E-state index in [1.807, 2.05) is 49.4 Å². The number of nitrogens with zero attached hydrogens (tertiary/aromatic N) is 1. The van der Waals surface area contributed by atoms with Crippen LogP contribution >= 0.6 is 0 Å². The molecule has 0 unspecified atom stereocenters. The van der Waals surface area contributed by atoms with Gasteiger partial charge in [0.1, 0.15) is 0 Å². The summed E-state index contributed by atoms with van der Waals surface area (Å²) in [4.78, 5) is 11.5. The Morgan fingerprint density at radius 2 is 1.70 bits per heavy atom. The van der Waals surface area contributed by atoms with E-state index in [1.54, 1.807) is 0 Å². The molecule has 2 aromatic carbocycles. The molecule has 3 rings (SSSR count). The Morgan fingerprint density at radius 1 is 1.05 bits per heavy atom. The lowest BCUT2D eigenvalue weighted by atomic mass is 10.0. The van der Waals surface area contributed by atoms with E-state index < -0.39 is 6.09 Å². The predicted molar refractivity (Wildman–Crippen MR) is 79.3 cm³/mol. The molecule has 3 nitrogen and oxygen atoms in total. The standard InChI is InChI=1S/C17H15NO2/c1-12-15(11-13-7-3-2-4-8-13)14-9-5-6-10-16(14)18(12)17(19)20/h2-10H,11H2,1H3,(H,19,20). The number of aromatic nitrogens is 1. The van der Waals surface area contributed by atoms with E-state index in [1.165, 1.54) is 10.1 Å². The summed E-state index contributed by atoms with van der Waals surface area (Å²) in [5.41, 5.74) is 3.81. The largest absolute Gasteiger partial charge is 0.464 e. The minimum absolute atomic E-state index is 0.744. The molecule has 0 atom stereocenters. The number of hydrogen-bond acceptors (Lipinski definition) is 1. The van der Waals surface area contributed by atoms with Crippen molar-refractivity contribution in [2.75, 3.05) is 0 Å². The summed E-state index contributed by atoms with van der Waals surface area (Å²) in [5, 5.41) is 10.4. The molecule has 1 heterocycles. The molecule has 3 aromatic rings. The van der Waals surface area contributed by atoms with Crippen molar-refractivity contribution in [3.05, 3.63) is 71.4 Å². The number of carbonyl (C=O) groups is 1. The Hall–Kier alpha value is -2.55. The summed E-state index contributed by atoms with van der Waals surface area (Å²) >= 11 is 0. The number of para-hydroxylation sites is 1. The SMILES string of the molecule is Cc1c(Cc2ccccc2)c2ccccc2n1C(=O)O. The molecular weight excluding hydrogens is 250 g/mol. The van der Waals surface area contributed by atoms with E-state index in [9.17, 15) is 9.90 Å². The molecule has 1 aromatic heterocycles. The molecule has 20 heavy (non-hydrogen) atoms. The first kappa shape index (κ1) is 12.5. The van der Waals surface area contributed by atoms with Crippen LogP contribution in [0.5, 0.6) is 0 Å². The smallest absolute Gasteiger partial charge is 0.416 e. The monoisotopic (exact) mass is 265 g/mol. The van der Waals surface area contributed by atoms with Crippen molar-refractivity contribution in [3.63, 3.8) is 0 Å². The second-order valence-corrected chi connectivity index (χ2v) is 4.86. The fourth-order valence-corrected chi connectivity index (χ4v) is 2.70. The van der Waals surface area contributed by atoms with Gasteiger partial charge in [0.05, 0.1) is 5.52 Å². The van der Waals surface area contributed by atoms with Gasteiger partial charge in [0, 0.05) is 11.1 Å². The highest BCUT2D eigenvalue weighted by atomic mass is 16.4. The maximum absolute atomic E-state index is 11.5. The molecule has 3 heteroatoms. The van der Waals surface area contributed by atoms with Crippen molar-refractivity contribution in [2.24, 2.45) is 0 Å². The van der Waals surface area contributed by atoms with Crippen LogP contribution in [0.1, 0.15) is 16.8 Å². The number of carboxylic acid groups (broad SMARTS) is 1. The third kappa shape index (κ3) is 1.97. The minimum Gasteiger partial charge on any atom is -0.464 e. The summed E-state index contributed by atoms with van der Waals surface area (Å²) in [5.74, 6) is 0. The molecule has 0 spiro atoms. The Kier molecular flexibility index (Phi) is 3.03. The van der Waals surface area contributed by atoms with E-state index in [-0.39, 0.29) is 0 Å². The van der Waals surface area contributed by atoms with Gasteiger partial charge in [0.15, 0.2) is 0 Å². The first-order valence-corrected chi connectivity index (χ1v) is 6.54. The average molecular weight is 265 g/mol. The zero-order valence-electron chi connectivity index (χ0n) is 11.2. The van der Waals surface area contributed by atoms with Gasteiger partial charge in [-0.05, 0) is 30.5 Å². The Balaban J connectivity index is 2.20. The normalized spacial score (nSPS) is 10.8. The average Bonchev–Trinajstić information content (AvgIpc) is 2.73. The first-order chi connectivity index (χ1) is 9.68. The number of benzene rings is 2. The Morgan fingerprint density at radius 3 is 2.40 bits per heavy atom. The van der Waals surface area contributed by atoms with E-state index in [0.29, 0.717) is 0 Å². The fraction of sp³-hybridized carbons (Fsp3) is 0.118. The lowest BCUT2D eigenvalue weighted by Gasteiger charge is -2.03. The van der Waals surface area contributed by atoms with Crippen molar-refractivity contribution in [1.82, 2.24) is 4.57 Å². The summed E-state index contributed by atoms with van der Waals surface area (Å²) in [6, 6.07) is 17.8. The maximum Gasteiger partial charge on any atom is 0.416 e. The number of hydrogen-bond donors (Lipinski definition) is 1. The maximum atomic E-state index is 11.5. The van der Waals surface area contributed by atoms with Gasteiger partial charge < -0.3 is 5.11 Å². The van der Waals surface area contributed by atoms with Crippen LogP contribution in [0.15, 0.2) is 54.6 Å². The highest BCUT2D eigenvalue weighted by Gasteiger charge is 2.17. The van der Waals surface area contributed by atoms with E-state index >= 15 is 0 Å². The van der Waals surface area contributed by atoms with Gasteiger partial charge >= 0.3 is 6.09 Å². The molecule has 0 radical (unpaired) electrons. The lowest BCUT2D eigenvalue weighted by Crippen LogP contribution is -2.09. The van der Waals surface area contributed by atoms with Crippen molar-refractivity contribution in [2.45, 2.75) is 13.3 Å². The third-order valence-electron chi connectivity index (χ3n) is 3.66. The van der Waals surface area contributed by atoms with E-state index in [4.69, 9.17) is 0 Å². The fourth-order valence-electron chi connectivity index (χ4n) is 2.70. The van der Waals surface area contributed by atoms with Gasteiger partial charge in [-0.1, -0.05) is 48.5 Å². The first-order valence-electron chi connectivity index (χ1n) is 6.54. The summed E-state index contributed by atoms with van der Waals surface area (Å²) in [7, 11) is 0. The molecule has 0 amide bonds. The van der Waals surface area contributed by atoms with Gasteiger partial charge in [-0.15, -0.1) is 0 Å². The van der Waals surface area contributed by atoms with E-state index in [2.05, 4.69) is 12.1 Å². The molecule has 100 valence electrons. The number of rotatable bonds is 2. The van der Waals surface area contributed by atoms with Gasteiger partial charge in [-0.25, -0.2) is 9.36 Å². The van der Waals surface area contributed by atoms with Gasteiger partial charge in [0.2, 0.25) is 0 Å². The van der Waals surface area contributed by atoms with Crippen molar-refractivity contribution >= 4 is 17.0 Å². The predicted octanol–water partition coefficient (Wildman–Crippen LogP) is 4.07.